The maximum Gasteiger partial charge on any atom is 0.194 e. The molecule has 1 fully saturated rings. The first-order valence-corrected chi connectivity index (χ1v) is 10.2. The molecule has 1 aromatic rings. The normalized spacial score (nSPS) is 19.6. The van der Waals surface area contributed by atoms with Gasteiger partial charge < -0.3 is 10.2 Å². The van der Waals surface area contributed by atoms with Crippen LogP contribution >= 0.6 is 24.0 Å². The molecule has 0 radical (unpaired) electrons. The van der Waals surface area contributed by atoms with Gasteiger partial charge in [-0.15, -0.1) is 24.0 Å². The number of halogens is 1. The van der Waals surface area contributed by atoms with Crippen molar-refractivity contribution >= 4 is 40.7 Å². The van der Waals surface area contributed by atoms with Gasteiger partial charge in [0.05, 0.1) is 6.54 Å². The van der Waals surface area contributed by atoms with Crippen LogP contribution in [0.5, 0.6) is 0 Å². The van der Waals surface area contributed by atoms with Gasteiger partial charge in [-0.2, -0.15) is 0 Å². The van der Waals surface area contributed by atoms with E-state index in [0.29, 0.717) is 18.1 Å². The van der Waals surface area contributed by atoms with Gasteiger partial charge in [0.2, 0.25) is 0 Å². The van der Waals surface area contributed by atoms with Gasteiger partial charge in [-0.3, -0.25) is 9.20 Å². The lowest BCUT2D eigenvalue weighted by molar-refractivity contribution is -0.0667. The minimum absolute atomic E-state index is 0. The van der Waals surface area contributed by atoms with Crippen LogP contribution in [0.3, 0.4) is 0 Å². The molecule has 0 saturated carbocycles. The minimum Gasteiger partial charge on any atom is -0.356 e. The van der Waals surface area contributed by atoms with Crippen molar-refractivity contribution in [3.63, 3.8) is 0 Å². The van der Waals surface area contributed by atoms with E-state index in [0.717, 1.165) is 24.6 Å². The average molecular weight is 477 g/mol. The molecule has 0 amide bonds. The fraction of sp³-hybridized carbons (Fsp3) is 0.632. The Bertz CT molecular complexity index is 602. The second kappa shape index (κ2) is 9.35. The average Bonchev–Trinajstić information content (AvgIpc) is 2.53. The van der Waals surface area contributed by atoms with Crippen molar-refractivity contribution in [3.05, 3.63) is 35.9 Å². The smallest absolute Gasteiger partial charge is 0.194 e. The summed E-state index contributed by atoms with van der Waals surface area (Å²) in [5.74, 6) is 2.15. The zero-order valence-corrected chi connectivity index (χ0v) is 19.2. The minimum atomic E-state index is -0.876. The van der Waals surface area contributed by atoms with Crippen molar-refractivity contribution in [2.45, 2.75) is 45.9 Å². The topological polar surface area (TPSA) is 44.7 Å². The van der Waals surface area contributed by atoms with Crippen LogP contribution in [0, 0.1) is 5.41 Å². The molecule has 142 valence electrons. The van der Waals surface area contributed by atoms with Gasteiger partial charge in [0.1, 0.15) is 0 Å². The lowest BCUT2D eigenvalue weighted by Gasteiger charge is -2.62. The summed E-state index contributed by atoms with van der Waals surface area (Å²) in [5, 5.41) is 3.38. The van der Waals surface area contributed by atoms with E-state index >= 15 is 0 Å². The van der Waals surface area contributed by atoms with Crippen LogP contribution in [0.1, 0.15) is 40.2 Å². The van der Waals surface area contributed by atoms with Crippen LogP contribution in [-0.4, -0.2) is 46.0 Å². The summed E-state index contributed by atoms with van der Waals surface area (Å²) in [7, 11) is -0.876. The molecule has 0 spiro atoms. The van der Waals surface area contributed by atoms with Crippen LogP contribution in [0.2, 0.25) is 0 Å². The Kier molecular flexibility index (Phi) is 8.38. The molecule has 1 aliphatic rings. The van der Waals surface area contributed by atoms with Crippen LogP contribution in [0.4, 0.5) is 0 Å². The molecule has 2 rings (SSSR count). The fourth-order valence-electron chi connectivity index (χ4n) is 2.88. The van der Waals surface area contributed by atoms with Crippen molar-refractivity contribution in [2.75, 3.05) is 25.4 Å². The number of aliphatic imine (C=N–C) groups is 1. The Morgan fingerprint density at radius 3 is 2.40 bits per heavy atom. The molecule has 0 bridgehead atoms. The van der Waals surface area contributed by atoms with E-state index in [1.165, 1.54) is 0 Å². The molecule has 1 aromatic carbocycles. The number of hydrogen-bond donors (Lipinski definition) is 1. The van der Waals surface area contributed by atoms with Crippen LogP contribution in [0.15, 0.2) is 35.3 Å². The van der Waals surface area contributed by atoms with Gasteiger partial charge in [-0.1, -0.05) is 44.2 Å². The van der Waals surface area contributed by atoms with Crippen molar-refractivity contribution in [1.29, 1.82) is 0 Å². The third-order valence-electron chi connectivity index (χ3n) is 5.23. The first kappa shape index (κ1) is 22.4. The third-order valence-corrected chi connectivity index (χ3v) is 6.52. The number of likely N-dealkylation sites (tertiary alicyclic amines) is 1. The first-order valence-electron chi connectivity index (χ1n) is 8.73. The molecule has 1 saturated heterocycles. The van der Waals surface area contributed by atoms with Gasteiger partial charge >= 0.3 is 0 Å². The van der Waals surface area contributed by atoms with Gasteiger partial charge in [0.15, 0.2) is 5.96 Å². The molecule has 6 heteroatoms. The zero-order valence-electron chi connectivity index (χ0n) is 16.0. The molecular weight excluding hydrogens is 445 g/mol. The predicted octanol–water partition coefficient (Wildman–Crippen LogP) is 3.64. The first-order chi connectivity index (χ1) is 11.3. The SMILES string of the molecule is CCNC(=NCCS(=O)Cc1ccccc1)N1CC(C)(C)C1(C)C.I. The molecule has 1 unspecified atom stereocenters. The van der Waals surface area contributed by atoms with E-state index in [4.69, 9.17) is 4.99 Å². The number of rotatable bonds is 6. The van der Waals surface area contributed by atoms with Gasteiger partial charge in [0, 0.05) is 46.3 Å². The highest BCUT2D eigenvalue weighted by atomic mass is 127. The lowest BCUT2D eigenvalue weighted by Crippen LogP contribution is -2.72. The van der Waals surface area contributed by atoms with E-state index in [9.17, 15) is 4.21 Å². The molecule has 1 aliphatic heterocycles. The van der Waals surface area contributed by atoms with E-state index < -0.39 is 10.8 Å². The predicted molar refractivity (Wildman–Crippen MR) is 119 cm³/mol. The Labute approximate surface area is 172 Å². The third kappa shape index (κ3) is 5.42. The molecule has 1 heterocycles. The van der Waals surface area contributed by atoms with Crippen molar-refractivity contribution < 1.29 is 4.21 Å². The summed E-state index contributed by atoms with van der Waals surface area (Å²) in [6.07, 6.45) is 0. The Hall–Kier alpha value is -0.630. The maximum atomic E-state index is 12.2. The zero-order chi connectivity index (χ0) is 17.8. The van der Waals surface area contributed by atoms with E-state index in [1.54, 1.807) is 0 Å². The fourth-order valence-corrected chi connectivity index (χ4v) is 3.88. The number of nitrogens with one attached hydrogen (secondary N) is 1. The quantitative estimate of drug-likeness (QED) is 0.387. The van der Waals surface area contributed by atoms with E-state index in [2.05, 4.69) is 44.8 Å². The van der Waals surface area contributed by atoms with Crippen molar-refractivity contribution in [3.8, 4) is 0 Å². The Morgan fingerprint density at radius 1 is 1.24 bits per heavy atom. The summed E-state index contributed by atoms with van der Waals surface area (Å²) in [5.41, 5.74) is 1.48. The number of guanidine groups is 1. The highest BCUT2D eigenvalue weighted by Crippen LogP contribution is 2.46. The van der Waals surface area contributed by atoms with Crippen molar-refractivity contribution in [1.82, 2.24) is 10.2 Å². The number of benzene rings is 1. The molecule has 1 N–H and O–H groups in total. The highest BCUT2D eigenvalue weighted by molar-refractivity contribution is 14.0. The van der Waals surface area contributed by atoms with Gasteiger partial charge in [-0.25, -0.2) is 0 Å². The largest absolute Gasteiger partial charge is 0.356 e. The second-order valence-electron chi connectivity index (χ2n) is 7.54. The monoisotopic (exact) mass is 477 g/mol. The molecule has 4 nitrogen and oxygen atoms in total. The standard InChI is InChI=1S/C19H31N3OS.HI/c1-6-20-17(22-15-18(2,3)19(22,4)5)21-12-13-24(23)14-16-10-8-7-9-11-16;/h7-11H,6,12-15H2,1-5H3,(H,20,21);1H. The van der Waals surface area contributed by atoms with Crippen LogP contribution < -0.4 is 5.32 Å². The van der Waals surface area contributed by atoms with E-state index in [-0.39, 0.29) is 34.9 Å². The van der Waals surface area contributed by atoms with Gasteiger partial charge in [0.25, 0.3) is 0 Å². The summed E-state index contributed by atoms with van der Waals surface area (Å²) < 4.78 is 12.2. The maximum absolute atomic E-state index is 12.2. The molecule has 0 aromatic heterocycles. The molecule has 0 aliphatic carbocycles. The molecule has 1 atom stereocenters. The Balaban J connectivity index is 0.00000312. The second-order valence-corrected chi connectivity index (χ2v) is 9.12. The highest BCUT2D eigenvalue weighted by Gasteiger charge is 2.53. The summed E-state index contributed by atoms with van der Waals surface area (Å²) >= 11 is 0. The van der Waals surface area contributed by atoms with E-state index in [1.807, 2.05) is 30.3 Å². The molecule has 25 heavy (non-hydrogen) atoms. The number of hydrogen-bond acceptors (Lipinski definition) is 2. The summed E-state index contributed by atoms with van der Waals surface area (Å²) in [6.45, 7) is 13.6. The summed E-state index contributed by atoms with van der Waals surface area (Å²) in [6, 6.07) is 10.0. The van der Waals surface area contributed by atoms with Crippen molar-refractivity contribution in [2.24, 2.45) is 10.4 Å². The lowest BCUT2D eigenvalue weighted by atomic mass is 9.65. The van der Waals surface area contributed by atoms with Crippen LogP contribution in [0.25, 0.3) is 0 Å². The van der Waals surface area contributed by atoms with Gasteiger partial charge in [-0.05, 0) is 26.3 Å². The molecular formula is C19H32IN3OS. The summed E-state index contributed by atoms with van der Waals surface area (Å²) in [4.78, 5) is 7.05. The Morgan fingerprint density at radius 2 is 1.88 bits per heavy atom. The van der Waals surface area contributed by atoms with Crippen LogP contribution in [-0.2, 0) is 16.6 Å². The number of nitrogens with zero attached hydrogens (tertiary/aromatic N) is 2.